The van der Waals surface area contributed by atoms with Crippen molar-refractivity contribution in [3.63, 3.8) is 0 Å². The van der Waals surface area contributed by atoms with Gasteiger partial charge in [0.1, 0.15) is 0 Å². The molecular weight excluding hydrogens is 248 g/mol. The second-order valence-electron chi connectivity index (χ2n) is 4.36. The molecule has 0 saturated carbocycles. The third-order valence-electron chi connectivity index (χ3n) is 2.87. The molecule has 1 amide bonds. The Bertz CT molecular complexity index is 474. The number of rotatable bonds is 6. The molecule has 0 saturated heterocycles. The number of nitro benzene ring substituents is 1. The summed E-state index contributed by atoms with van der Waals surface area (Å²) in [5.41, 5.74) is 0.509. The van der Waals surface area contributed by atoms with E-state index in [1.54, 1.807) is 0 Å². The fourth-order valence-electron chi connectivity index (χ4n) is 1.81. The number of nitrogens with one attached hydrogen (secondary N) is 1. The van der Waals surface area contributed by atoms with Gasteiger partial charge in [-0.25, -0.2) is 0 Å². The first-order valence-corrected chi connectivity index (χ1v) is 6.17. The van der Waals surface area contributed by atoms with Crippen molar-refractivity contribution >= 4 is 11.6 Å². The third kappa shape index (κ3) is 4.03. The number of aliphatic hydroxyl groups excluding tert-OH is 1. The van der Waals surface area contributed by atoms with Crippen molar-refractivity contribution in [2.24, 2.45) is 0 Å². The number of hydrogen-bond donors (Lipinski definition) is 2. The topological polar surface area (TPSA) is 92.5 Å². The molecule has 0 aromatic heterocycles. The molecule has 0 aliphatic rings. The van der Waals surface area contributed by atoms with Crippen LogP contribution in [0, 0.1) is 17.0 Å². The van der Waals surface area contributed by atoms with E-state index in [1.165, 1.54) is 25.1 Å². The number of carbonyl (C=O) groups excluding carboxylic acids is 1. The van der Waals surface area contributed by atoms with Gasteiger partial charge in [-0.1, -0.05) is 19.4 Å². The van der Waals surface area contributed by atoms with Gasteiger partial charge in [-0.15, -0.1) is 0 Å². The molecule has 0 radical (unpaired) electrons. The van der Waals surface area contributed by atoms with Gasteiger partial charge in [0.2, 0.25) is 0 Å². The fraction of sp³-hybridized carbons (Fsp3) is 0.462. The summed E-state index contributed by atoms with van der Waals surface area (Å²) in [6.07, 6.45) is 0.842. The SMILES string of the molecule is CCCC(O)CNC(=O)c1cccc([N+](=O)[O-])c1C. The zero-order valence-electron chi connectivity index (χ0n) is 11.0. The van der Waals surface area contributed by atoms with Crippen LogP contribution in [0.2, 0.25) is 0 Å². The van der Waals surface area contributed by atoms with Crippen LogP contribution in [0.25, 0.3) is 0 Å². The molecule has 0 aliphatic carbocycles. The quantitative estimate of drug-likeness (QED) is 0.606. The number of hydrogen-bond acceptors (Lipinski definition) is 4. The highest BCUT2D eigenvalue weighted by molar-refractivity contribution is 5.96. The summed E-state index contributed by atoms with van der Waals surface area (Å²) in [5.74, 6) is -0.406. The maximum absolute atomic E-state index is 11.9. The Morgan fingerprint density at radius 2 is 2.21 bits per heavy atom. The van der Waals surface area contributed by atoms with Crippen LogP contribution in [0.4, 0.5) is 5.69 Å². The van der Waals surface area contributed by atoms with Gasteiger partial charge in [0.05, 0.1) is 11.0 Å². The third-order valence-corrected chi connectivity index (χ3v) is 2.87. The summed E-state index contributed by atoms with van der Waals surface area (Å²) in [4.78, 5) is 22.2. The van der Waals surface area contributed by atoms with Crippen LogP contribution in [0.1, 0.15) is 35.7 Å². The molecule has 0 heterocycles. The monoisotopic (exact) mass is 266 g/mol. The largest absolute Gasteiger partial charge is 0.391 e. The average Bonchev–Trinajstić information content (AvgIpc) is 2.36. The zero-order chi connectivity index (χ0) is 14.4. The predicted octanol–water partition coefficient (Wildman–Crippen LogP) is 1.79. The van der Waals surface area contributed by atoms with Crippen LogP contribution in [0.3, 0.4) is 0 Å². The normalized spacial score (nSPS) is 11.9. The second kappa shape index (κ2) is 6.84. The first kappa shape index (κ1) is 15.1. The molecule has 1 aromatic carbocycles. The van der Waals surface area contributed by atoms with Gasteiger partial charge in [0.15, 0.2) is 0 Å². The summed E-state index contributed by atoms with van der Waals surface area (Å²) in [7, 11) is 0. The van der Waals surface area contributed by atoms with E-state index >= 15 is 0 Å². The summed E-state index contributed by atoms with van der Waals surface area (Å²) in [5, 5.41) is 22.9. The minimum atomic E-state index is -0.590. The minimum absolute atomic E-state index is 0.0817. The van der Waals surface area contributed by atoms with Gasteiger partial charge in [0, 0.05) is 23.7 Å². The summed E-state index contributed by atoms with van der Waals surface area (Å²) >= 11 is 0. The number of carbonyl (C=O) groups is 1. The van der Waals surface area contributed by atoms with Crippen LogP contribution >= 0.6 is 0 Å². The number of aliphatic hydroxyl groups is 1. The Balaban J connectivity index is 2.78. The molecule has 104 valence electrons. The molecule has 0 bridgehead atoms. The Morgan fingerprint density at radius 3 is 2.79 bits per heavy atom. The minimum Gasteiger partial charge on any atom is -0.391 e. The summed E-state index contributed by atoms with van der Waals surface area (Å²) < 4.78 is 0. The Hall–Kier alpha value is -1.95. The molecule has 0 fully saturated rings. The van der Waals surface area contributed by atoms with E-state index in [-0.39, 0.29) is 17.8 Å². The van der Waals surface area contributed by atoms with Crippen molar-refractivity contribution in [1.29, 1.82) is 0 Å². The van der Waals surface area contributed by atoms with Crippen LogP contribution in [0.15, 0.2) is 18.2 Å². The molecule has 1 atom stereocenters. The number of nitro groups is 1. The zero-order valence-corrected chi connectivity index (χ0v) is 11.0. The van der Waals surface area contributed by atoms with Crippen LogP contribution in [-0.2, 0) is 0 Å². The lowest BCUT2D eigenvalue weighted by Crippen LogP contribution is -2.32. The van der Waals surface area contributed by atoms with E-state index in [0.29, 0.717) is 12.0 Å². The number of amides is 1. The van der Waals surface area contributed by atoms with Gasteiger partial charge in [-0.2, -0.15) is 0 Å². The summed E-state index contributed by atoms with van der Waals surface area (Å²) in [6, 6.07) is 4.37. The highest BCUT2D eigenvalue weighted by atomic mass is 16.6. The van der Waals surface area contributed by atoms with E-state index in [0.717, 1.165) is 6.42 Å². The predicted molar refractivity (Wildman–Crippen MR) is 71.1 cm³/mol. The maximum Gasteiger partial charge on any atom is 0.273 e. The van der Waals surface area contributed by atoms with Crippen molar-refractivity contribution < 1.29 is 14.8 Å². The molecule has 2 N–H and O–H groups in total. The van der Waals surface area contributed by atoms with E-state index < -0.39 is 16.9 Å². The van der Waals surface area contributed by atoms with E-state index in [9.17, 15) is 20.0 Å². The van der Waals surface area contributed by atoms with Crippen LogP contribution in [0.5, 0.6) is 0 Å². The van der Waals surface area contributed by atoms with Crippen molar-refractivity contribution in [2.45, 2.75) is 32.8 Å². The van der Waals surface area contributed by atoms with Crippen LogP contribution < -0.4 is 5.32 Å². The molecule has 1 rings (SSSR count). The Labute approximate surface area is 111 Å². The van der Waals surface area contributed by atoms with E-state index in [2.05, 4.69) is 5.32 Å². The van der Waals surface area contributed by atoms with Crippen molar-refractivity contribution in [2.75, 3.05) is 6.54 Å². The van der Waals surface area contributed by atoms with E-state index in [1.807, 2.05) is 6.92 Å². The molecule has 1 aromatic rings. The lowest BCUT2D eigenvalue weighted by molar-refractivity contribution is -0.385. The smallest absolute Gasteiger partial charge is 0.273 e. The fourth-order valence-corrected chi connectivity index (χ4v) is 1.81. The lowest BCUT2D eigenvalue weighted by Gasteiger charge is -2.11. The molecule has 1 unspecified atom stereocenters. The van der Waals surface area contributed by atoms with Gasteiger partial charge < -0.3 is 10.4 Å². The molecule has 6 heteroatoms. The summed E-state index contributed by atoms with van der Waals surface area (Å²) in [6.45, 7) is 3.63. The van der Waals surface area contributed by atoms with Crippen molar-refractivity contribution in [3.8, 4) is 0 Å². The van der Waals surface area contributed by atoms with Crippen molar-refractivity contribution in [1.82, 2.24) is 5.32 Å². The average molecular weight is 266 g/mol. The highest BCUT2D eigenvalue weighted by Gasteiger charge is 2.18. The molecular formula is C13H18N2O4. The van der Waals surface area contributed by atoms with Gasteiger partial charge in [-0.3, -0.25) is 14.9 Å². The first-order valence-electron chi connectivity index (χ1n) is 6.17. The Kier molecular flexibility index (Phi) is 5.44. The number of benzene rings is 1. The molecule has 0 spiro atoms. The number of nitrogens with zero attached hydrogens (tertiary/aromatic N) is 1. The lowest BCUT2D eigenvalue weighted by atomic mass is 10.1. The highest BCUT2D eigenvalue weighted by Crippen LogP contribution is 2.20. The van der Waals surface area contributed by atoms with Gasteiger partial charge in [-0.05, 0) is 19.4 Å². The van der Waals surface area contributed by atoms with Gasteiger partial charge >= 0.3 is 0 Å². The van der Waals surface area contributed by atoms with Crippen LogP contribution in [-0.4, -0.2) is 28.6 Å². The van der Waals surface area contributed by atoms with E-state index in [4.69, 9.17) is 0 Å². The molecule has 19 heavy (non-hydrogen) atoms. The maximum atomic E-state index is 11.9. The first-order chi connectivity index (χ1) is 8.97. The molecule has 6 nitrogen and oxygen atoms in total. The second-order valence-corrected chi connectivity index (χ2v) is 4.36. The molecule has 0 aliphatic heterocycles. The Morgan fingerprint density at radius 1 is 1.53 bits per heavy atom. The van der Waals surface area contributed by atoms with Gasteiger partial charge in [0.25, 0.3) is 11.6 Å². The van der Waals surface area contributed by atoms with Crippen molar-refractivity contribution in [3.05, 3.63) is 39.4 Å². The standard InChI is InChI=1S/C13H18N2O4/c1-3-5-10(16)8-14-13(17)11-6-4-7-12(9(11)2)15(18)19/h4,6-7,10,16H,3,5,8H2,1-2H3,(H,14,17).